The molecule has 5 nitrogen and oxygen atoms in total. The first kappa shape index (κ1) is 17.7. The molecular weight excluding hydrogens is 246 g/mol. The summed E-state index contributed by atoms with van der Waals surface area (Å²) >= 11 is 0. The normalized spacial score (nSPS) is 14.4. The van der Waals surface area contributed by atoms with Crippen LogP contribution in [0.3, 0.4) is 0 Å². The molecular formula is C14H27NO4. The summed E-state index contributed by atoms with van der Waals surface area (Å²) in [6, 6.07) is -0.648. The highest BCUT2D eigenvalue weighted by Gasteiger charge is 2.26. The highest BCUT2D eigenvalue weighted by atomic mass is 16.6. The first-order valence-corrected chi connectivity index (χ1v) is 6.85. The molecule has 0 saturated heterocycles. The molecule has 0 aliphatic rings. The standard InChI is InChI=1S/C14H27NO4/c1-7-10(3)9-11(12(16)18-8-2)15-13(17)19-14(4,5)6/h10-11H,7-9H2,1-6H3,(H,15,17)/t10-,11-/m0/s1. The van der Waals surface area contributed by atoms with Crippen molar-refractivity contribution in [2.45, 2.75) is 66.0 Å². The van der Waals surface area contributed by atoms with Crippen LogP contribution in [0.4, 0.5) is 4.79 Å². The minimum atomic E-state index is -0.648. The predicted octanol–water partition coefficient (Wildman–Crippen LogP) is 2.88. The quantitative estimate of drug-likeness (QED) is 0.756. The van der Waals surface area contributed by atoms with Crippen molar-refractivity contribution < 1.29 is 19.1 Å². The molecule has 0 heterocycles. The summed E-state index contributed by atoms with van der Waals surface area (Å²) in [5.41, 5.74) is -0.584. The van der Waals surface area contributed by atoms with E-state index in [0.29, 0.717) is 18.9 Å². The molecule has 19 heavy (non-hydrogen) atoms. The number of hydrogen-bond donors (Lipinski definition) is 1. The number of carbonyl (C=O) groups is 2. The van der Waals surface area contributed by atoms with Gasteiger partial charge in [-0.3, -0.25) is 0 Å². The van der Waals surface area contributed by atoms with Crippen LogP contribution in [0.15, 0.2) is 0 Å². The summed E-state index contributed by atoms with van der Waals surface area (Å²) < 4.78 is 10.1. The van der Waals surface area contributed by atoms with Crippen molar-refractivity contribution in [3.8, 4) is 0 Å². The number of amides is 1. The molecule has 0 bridgehead atoms. The van der Waals surface area contributed by atoms with Gasteiger partial charge in [0, 0.05) is 0 Å². The Morgan fingerprint density at radius 1 is 1.21 bits per heavy atom. The van der Waals surface area contributed by atoms with E-state index in [2.05, 4.69) is 5.32 Å². The zero-order chi connectivity index (χ0) is 15.1. The van der Waals surface area contributed by atoms with Crippen LogP contribution < -0.4 is 5.32 Å². The lowest BCUT2D eigenvalue weighted by molar-refractivity contribution is -0.146. The second kappa shape index (κ2) is 8.02. The number of ether oxygens (including phenoxy) is 2. The molecule has 0 aliphatic carbocycles. The van der Waals surface area contributed by atoms with Crippen LogP contribution in [0.2, 0.25) is 0 Å². The highest BCUT2D eigenvalue weighted by Crippen LogP contribution is 2.13. The fourth-order valence-corrected chi connectivity index (χ4v) is 1.48. The van der Waals surface area contributed by atoms with Crippen molar-refractivity contribution in [1.29, 1.82) is 0 Å². The van der Waals surface area contributed by atoms with Gasteiger partial charge in [-0.2, -0.15) is 0 Å². The fraction of sp³-hybridized carbons (Fsp3) is 0.857. The molecule has 5 heteroatoms. The third-order valence-corrected chi connectivity index (χ3v) is 2.60. The van der Waals surface area contributed by atoms with E-state index in [9.17, 15) is 9.59 Å². The summed E-state index contributed by atoms with van der Waals surface area (Å²) in [6.45, 7) is 11.4. The predicted molar refractivity (Wildman–Crippen MR) is 73.9 cm³/mol. The largest absolute Gasteiger partial charge is 0.464 e. The Labute approximate surface area is 116 Å². The zero-order valence-electron chi connectivity index (χ0n) is 12.9. The van der Waals surface area contributed by atoms with Crippen LogP contribution in [0.1, 0.15) is 54.4 Å². The highest BCUT2D eigenvalue weighted by molar-refractivity contribution is 5.81. The van der Waals surface area contributed by atoms with Gasteiger partial charge in [-0.05, 0) is 40.0 Å². The van der Waals surface area contributed by atoms with E-state index in [-0.39, 0.29) is 0 Å². The molecule has 1 N–H and O–H groups in total. The second-order valence-electron chi connectivity index (χ2n) is 5.70. The molecule has 112 valence electrons. The van der Waals surface area contributed by atoms with E-state index in [0.717, 1.165) is 6.42 Å². The van der Waals surface area contributed by atoms with Crippen molar-refractivity contribution in [1.82, 2.24) is 5.32 Å². The lowest BCUT2D eigenvalue weighted by Crippen LogP contribution is -2.45. The summed E-state index contributed by atoms with van der Waals surface area (Å²) in [5.74, 6) is -0.0852. The third-order valence-electron chi connectivity index (χ3n) is 2.60. The van der Waals surface area contributed by atoms with Gasteiger partial charge in [0.2, 0.25) is 0 Å². The van der Waals surface area contributed by atoms with Gasteiger partial charge in [0.15, 0.2) is 0 Å². The van der Waals surface area contributed by atoms with E-state index < -0.39 is 23.7 Å². The molecule has 0 aliphatic heterocycles. The average molecular weight is 273 g/mol. The summed E-state index contributed by atoms with van der Waals surface area (Å²) in [4.78, 5) is 23.5. The van der Waals surface area contributed by atoms with Crippen LogP contribution in [-0.4, -0.2) is 30.3 Å². The van der Waals surface area contributed by atoms with E-state index in [1.807, 2.05) is 13.8 Å². The van der Waals surface area contributed by atoms with Crippen LogP contribution in [0, 0.1) is 5.92 Å². The molecule has 0 aromatic heterocycles. The first-order valence-electron chi connectivity index (χ1n) is 6.85. The van der Waals surface area contributed by atoms with Gasteiger partial charge in [0.1, 0.15) is 11.6 Å². The Kier molecular flexibility index (Phi) is 7.49. The molecule has 0 aromatic carbocycles. The summed E-state index contributed by atoms with van der Waals surface area (Å²) in [7, 11) is 0. The maximum atomic E-state index is 11.8. The molecule has 1 amide bonds. The second-order valence-corrected chi connectivity index (χ2v) is 5.70. The number of nitrogens with one attached hydrogen (secondary N) is 1. The molecule has 0 radical (unpaired) electrons. The molecule has 0 unspecified atom stereocenters. The van der Waals surface area contributed by atoms with Crippen LogP contribution >= 0.6 is 0 Å². The van der Waals surface area contributed by atoms with Gasteiger partial charge in [-0.25, -0.2) is 9.59 Å². The number of rotatable bonds is 6. The number of alkyl carbamates (subject to hydrolysis) is 1. The Balaban J connectivity index is 4.57. The maximum absolute atomic E-state index is 11.8. The minimum Gasteiger partial charge on any atom is -0.464 e. The number of esters is 1. The Morgan fingerprint density at radius 3 is 2.21 bits per heavy atom. The smallest absolute Gasteiger partial charge is 0.408 e. The topological polar surface area (TPSA) is 64.6 Å². The zero-order valence-corrected chi connectivity index (χ0v) is 12.9. The van der Waals surface area contributed by atoms with Gasteiger partial charge < -0.3 is 14.8 Å². The lowest BCUT2D eigenvalue weighted by Gasteiger charge is -2.24. The van der Waals surface area contributed by atoms with Crippen molar-refractivity contribution >= 4 is 12.1 Å². The van der Waals surface area contributed by atoms with Crippen molar-refractivity contribution in [3.05, 3.63) is 0 Å². The molecule has 0 fully saturated rings. The molecule has 2 atom stereocenters. The molecule has 0 rings (SSSR count). The molecule has 0 spiro atoms. The minimum absolute atomic E-state index is 0.297. The summed E-state index contributed by atoms with van der Waals surface area (Å²) in [6.07, 6.45) is 0.898. The number of carbonyl (C=O) groups excluding carboxylic acids is 2. The van der Waals surface area contributed by atoms with E-state index >= 15 is 0 Å². The van der Waals surface area contributed by atoms with Crippen LogP contribution in [0.5, 0.6) is 0 Å². The fourth-order valence-electron chi connectivity index (χ4n) is 1.48. The maximum Gasteiger partial charge on any atom is 0.408 e. The van der Waals surface area contributed by atoms with Gasteiger partial charge >= 0.3 is 12.1 Å². The Bertz CT molecular complexity index is 296. The van der Waals surface area contributed by atoms with E-state index in [1.54, 1.807) is 27.7 Å². The van der Waals surface area contributed by atoms with Crippen molar-refractivity contribution in [2.75, 3.05) is 6.61 Å². The SMILES string of the molecule is CCOC(=O)[C@H](C[C@@H](C)CC)NC(=O)OC(C)(C)C. The van der Waals surface area contributed by atoms with Gasteiger partial charge in [0.05, 0.1) is 6.61 Å². The Morgan fingerprint density at radius 2 is 1.79 bits per heavy atom. The lowest BCUT2D eigenvalue weighted by atomic mass is 9.99. The Hall–Kier alpha value is -1.26. The molecule has 0 saturated carbocycles. The van der Waals surface area contributed by atoms with Gasteiger partial charge in [-0.15, -0.1) is 0 Å². The van der Waals surface area contributed by atoms with Crippen LogP contribution in [0.25, 0.3) is 0 Å². The monoisotopic (exact) mass is 273 g/mol. The van der Waals surface area contributed by atoms with E-state index in [4.69, 9.17) is 9.47 Å². The van der Waals surface area contributed by atoms with Gasteiger partial charge in [0.25, 0.3) is 0 Å². The van der Waals surface area contributed by atoms with E-state index in [1.165, 1.54) is 0 Å². The third kappa shape index (κ3) is 8.46. The van der Waals surface area contributed by atoms with Crippen LogP contribution in [-0.2, 0) is 14.3 Å². The van der Waals surface area contributed by atoms with Gasteiger partial charge in [-0.1, -0.05) is 20.3 Å². The molecule has 0 aromatic rings. The number of hydrogen-bond acceptors (Lipinski definition) is 4. The first-order chi connectivity index (χ1) is 8.69. The summed E-state index contributed by atoms with van der Waals surface area (Å²) in [5, 5.41) is 2.59. The van der Waals surface area contributed by atoms with Crippen molar-refractivity contribution in [2.24, 2.45) is 5.92 Å². The van der Waals surface area contributed by atoms with Crippen molar-refractivity contribution in [3.63, 3.8) is 0 Å². The average Bonchev–Trinajstić information content (AvgIpc) is 2.25.